The molecule has 1 atom stereocenters. The molecule has 0 spiro atoms. The molecule has 4 heteroatoms. The van der Waals surface area contributed by atoms with Crippen molar-refractivity contribution >= 4 is 15.9 Å². The molecule has 0 N–H and O–H groups in total. The molecule has 1 aliphatic heterocycles. The standard InChI is InChI=1S/C15H14BrNO2/c16-15-6-5-12(9-17-15)19-10-11-7-8-18-14-4-2-1-3-13(11)14/h1-6,9,11H,7-8,10H2. The van der Waals surface area contributed by atoms with Gasteiger partial charge in [0.2, 0.25) is 0 Å². The van der Waals surface area contributed by atoms with E-state index < -0.39 is 0 Å². The van der Waals surface area contributed by atoms with Crippen molar-refractivity contribution in [1.29, 1.82) is 0 Å². The summed E-state index contributed by atoms with van der Waals surface area (Å²) in [5.74, 6) is 2.16. The van der Waals surface area contributed by atoms with Crippen molar-refractivity contribution in [2.24, 2.45) is 0 Å². The van der Waals surface area contributed by atoms with E-state index in [2.05, 4.69) is 27.0 Å². The van der Waals surface area contributed by atoms with Gasteiger partial charge in [-0.25, -0.2) is 4.98 Å². The van der Waals surface area contributed by atoms with E-state index in [1.807, 2.05) is 30.3 Å². The highest BCUT2D eigenvalue weighted by Crippen LogP contribution is 2.33. The molecule has 1 aromatic carbocycles. The lowest BCUT2D eigenvalue weighted by molar-refractivity contribution is 0.217. The molecule has 1 aliphatic rings. The second-order valence-electron chi connectivity index (χ2n) is 4.50. The molecule has 3 nitrogen and oxygen atoms in total. The summed E-state index contributed by atoms with van der Waals surface area (Å²) in [5.41, 5.74) is 1.24. The Morgan fingerprint density at radius 3 is 3.00 bits per heavy atom. The van der Waals surface area contributed by atoms with Crippen LogP contribution in [-0.2, 0) is 0 Å². The van der Waals surface area contributed by atoms with E-state index in [0.29, 0.717) is 12.5 Å². The molecule has 0 fully saturated rings. The van der Waals surface area contributed by atoms with Crippen LogP contribution in [0.5, 0.6) is 11.5 Å². The molecule has 0 aliphatic carbocycles. The molecule has 3 rings (SSSR count). The van der Waals surface area contributed by atoms with Gasteiger partial charge in [0, 0.05) is 11.5 Å². The fraction of sp³-hybridized carbons (Fsp3) is 0.267. The van der Waals surface area contributed by atoms with Gasteiger partial charge in [0.25, 0.3) is 0 Å². The van der Waals surface area contributed by atoms with Crippen molar-refractivity contribution in [2.75, 3.05) is 13.2 Å². The topological polar surface area (TPSA) is 31.4 Å². The second-order valence-corrected chi connectivity index (χ2v) is 5.31. The van der Waals surface area contributed by atoms with E-state index in [0.717, 1.165) is 29.1 Å². The molecule has 98 valence electrons. The lowest BCUT2D eigenvalue weighted by Crippen LogP contribution is -2.19. The summed E-state index contributed by atoms with van der Waals surface area (Å²) < 4.78 is 12.3. The number of benzene rings is 1. The van der Waals surface area contributed by atoms with Crippen molar-refractivity contribution in [3.63, 3.8) is 0 Å². The number of rotatable bonds is 3. The highest BCUT2D eigenvalue weighted by Gasteiger charge is 2.21. The minimum atomic E-state index is 0.383. The van der Waals surface area contributed by atoms with Crippen molar-refractivity contribution in [3.05, 3.63) is 52.8 Å². The van der Waals surface area contributed by atoms with Gasteiger partial charge in [0.1, 0.15) is 16.1 Å². The maximum absolute atomic E-state index is 5.82. The molecule has 0 bridgehead atoms. The third-order valence-corrected chi connectivity index (χ3v) is 3.70. The average molecular weight is 320 g/mol. The molecule has 0 saturated heterocycles. The third kappa shape index (κ3) is 2.89. The van der Waals surface area contributed by atoms with Crippen LogP contribution in [0, 0.1) is 0 Å². The number of pyridine rings is 1. The minimum absolute atomic E-state index is 0.383. The van der Waals surface area contributed by atoms with Crippen LogP contribution in [0.4, 0.5) is 0 Å². The van der Waals surface area contributed by atoms with E-state index in [1.54, 1.807) is 6.20 Å². The molecule has 2 heterocycles. The predicted octanol–water partition coefficient (Wildman–Crippen LogP) is 3.79. The van der Waals surface area contributed by atoms with Crippen molar-refractivity contribution < 1.29 is 9.47 Å². The summed E-state index contributed by atoms with van der Waals surface area (Å²) >= 11 is 3.31. The van der Waals surface area contributed by atoms with Gasteiger partial charge in [0.05, 0.1) is 19.4 Å². The molecule has 0 radical (unpaired) electrons. The van der Waals surface area contributed by atoms with Crippen LogP contribution >= 0.6 is 15.9 Å². The molecule has 0 saturated carbocycles. The summed E-state index contributed by atoms with van der Waals surface area (Å²) in [6, 6.07) is 12.0. The Labute approximate surface area is 120 Å². The highest BCUT2D eigenvalue weighted by atomic mass is 79.9. The lowest BCUT2D eigenvalue weighted by atomic mass is 9.94. The Morgan fingerprint density at radius 2 is 2.16 bits per heavy atom. The van der Waals surface area contributed by atoms with Crippen LogP contribution in [-0.4, -0.2) is 18.2 Å². The Morgan fingerprint density at radius 1 is 1.26 bits per heavy atom. The number of aromatic nitrogens is 1. The smallest absolute Gasteiger partial charge is 0.137 e. The summed E-state index contributed by atoms with van der Waals surface area (Å²) in [4.78, 5) is 4.15. The highest BCUT2D eigenvalue weighted by molar-refractivity contribution is 9.10. The van der Waals surface area contributed by atoms with E-state index in [-0.39, 0.29) is 0 Å². The fourth-order valence-corrected chi connectivity index (χ4v) is 2.47. The van der Waals surface area contributed by atoms with Gasteiger partial charge in [-0.15, -0.1) is 0 Å². The normalized spacial score (nSPS) is 17.4. The molecular formula is C15H14BrNO2. The van der Waals surface area contributed by atoms with Gasteiger partial charge in [-0.1, -0.05) is 18.2 Å². The van der Waals surface area contributed by atoms with Crippen LogP contribution in [0.3, 0.4) is 0 Å². The van der Waals surface area contributed by atoms with Crippen molar-refractivity contribution in [1.82, 2.24) is 4.98 Å². The molecule has 0 amide bonds. The van der Waals surface area contributed by atoms with Crippen LogP contribution in [0.1, 0.15) is 17.9 Å². The molecule has 1 unspecified atom stereocenters. The van der Waals surface area contributed by atoms with Gasteiger partial charge in [0.15, 0.2) is 0 Å². The summed E-state index contributed by atoms with van der Waals surface area (Å²) in [7, 11) is 0. The van der Waals surface area contributed by atoms with E-state index in [9.17, 15) is 0 Å². The zero-order valence-corrected chi connectivity index (χ0v) is 12.0. The van der Waals surface area contributed by atoms with Crippen molar-refractivity contribution in [3.8, 4) is 11.5 Å². The minimum Gasteiger partial charge on any atom is -0.493 e. The average Bonchev–Trinajstić information content (AvgIpc) is 2.47. The molecule has 2 aromatic rings. The summed E-state index contributed by atoms with van der Waals surface area (Å²) in [6.07, 6.45) is 2.72. The Bertz CT molecular complexity index is 556. The summed E-state index contributed by atoms with van der Waals surface area (Å²) in [6.45, 7) is 1.41. The number of nitrogens with zero attached hydrogens (tertiary/aromatic N) is 1. The first kappa shape index (κ1) is 12.5. The predicted molar refractivity (Wildman–Crippen MR) is 76.7 cm³/mol. The van der Waals surface area contributed by atoms with Gasteiger partial charge >= 0.3 is 0 Å². The van der Waals surface area contributed by atoms with Gasteiger partial charge in [-0.3, -0.25) is 0 Å². The number of para-hydroxylation sites is 1. The largest absolute Gasteiger partial charge is 0.493 e. The third-order valence-electron chi connectivity index (χ3n) is 3.23. The molecular weight excluding hydrogens is 306 g/mol. The maximum atomic E-state index is 5.82. The van der Waals surface area contributed by atoms with Crippen LogP contribution < -0.4 is 9.47 Å². The van der Waals surface area contributed by atoms with Crippen molar-refractivity contribution in [2.45, 2.75) is 12.3 Å². The van der Waals surface area contributed by atoms with E-state index in [4.69, 9.17) is 9.47 Å². The monoisotopic (exact) mass is 319 g/mol. The van der Waals surface area contributed by atoms with Gasteiger partial charge < -0.3 is 9.47 Å². The molecule has 1 aromatic heterocycles. The number of ether oxygens (including phenoxy) is 2. The number of hydrogen-bond acceptors (Lipinski definition) is 3. The lowest BCUT2D eigenvalue weighted by Gasteiger charge is -2.25. The fourth-order valence-electron chi connectivity index (χ4n) is 2.23. The van der Waals surface area contributed by atoms with Crippen LogP contribution in [0.25, 0.3) is 0 Å². The summed E-state index contributed by atoms with van der Waals surface area (Å²) in [5, 5.41) is 0. The Balaban J connectivity index is 1.69. The van der Waals surface area contributed by atoms with E-state index >= 15 is 0 Å². The number of fused-ring (bicyclic) bond motifs is 1. The number of hydrogen-bond donors (Lipinski definition) is 0. The van der Waals surface area contributed by atoms with Crippen LogP contribution in [0.15, 0.2) is 47.2 Å². The molecule has 19 heavy (non-hydrogen) atoms. The van der Waals surface area contributed by atoms with E-state index in [1.165, 1.54) is 5.56 Å². The zero-order valence-electron chi connectivity index (χ0n) is 10.4. The van der Waals surface area contributed by atoms with Gasteiger partial charge in [-0.05, 0) is 40.5 Å². The quantitative estimate of drug-likeness (QED) is 0.806. The second kappa shape index (κ2) is 5.61. The Kier molecular flexibility index (Phi) is 3.69. The van der Waals surface area contributed by atoms with Gasteiger partial charge in [-0.2, -0.15) is 0 Å². The Hall–Kier alpha value is -1.55. The first-order valence-electron chi connectivity index (χ1n) is 6.29. The SMILES string of the molecule is Brc1ccc(OCC2CCOc3ccccc32)cn1. The first-order chi connectivity index (χ1) is 9.33. The number of halogens is 1. The first-order valence-corrected chi connectivity index (χ1v) is 7.08. The van der Waals surface area contributed by atoms with Crippen LogP contribution in [0.2, 0.25) is 0 Å². The zero-order chi connectivity index (χ0) is 13.1. The maximum Gasteiger partial charge on any atom is 0.137 e.